The van der Waals surface area contributed by atoms with Gasteiger partial charge in [-0.15, -0.1) is 0 Å². The summed E-state index contributed by atoms with van der Waals surface area (Å²) in [4.78, 5) is 37.2. The number of anilines is 2. The van der Waals surface area contributed by atoms with Crippen molar-refractivity contribution in [2.75, 3.05) is 17.2 Å². The van der Waals surface area contributed by atoms with Crippen LogP contribution in [0, 0.1) is 0 Å². The summed E-state index contributed by atoms with van der Waals surface area (Å²) in [5, 5.41) is 9.03. The molecule has 0 saturated heterocycles. The highest BCUT2D eigenvalue weighted by Gasteiger charge is 2.17. The summed E-state index contributed by atoms with van der Waals surface area (Å²) in [5.41, 5.74) is 3.91. The van der Waals surface area contributed by atoms with Crippen molar-refractivity contribution >= 4 is 51.2 Å². The van der Waals surface area contributed by atoms with E-state index in [0.717, 1.165) is 28.6 Å². The Morgan fingerprint density at radius 2 is 1.63 bits per heavy atom. The number of para-hydroxylation sites is 1. The summed E-state index contributed by atoms with van der Waals surface area (Å²) < 4.78 is 6.48. The Bertz CT molecular complexity index is 1190. The zero-order valence-corrected chi connectivity index (χ0v) is 20.7. The first-order valence-electron chi connectivity index (χ1n) is 11.0. The number of nitrogens with zero attached hydrogens (tertiary/aromatic N) is 1. The smallest absolute Gasteiger partial charge is 0.329 e. The van der Waals surface area contributed by atoms with Gasteiger partial charge in [-0.1, -0.05) is 41.4 Å². The molecular formula is C26H25BrN4O4. The van der Waals surface area contributed by atoms with Crippen molar-refractivity contribution in [1.29, 1.82) is 0 Å². The molecule has 0 spiro atoms. The van der Waals surface area contributed by atoms with E-state index in [-0.39, 0.29) is 11.3 Å². The lowest BCUT2D eigenvalue weighted by atomic mass is 10.1. The van der Waals surface area contributed by atoms with Crippen LogP contribution in [0.5, 0.6) is 5.75 Å². The molecule has 0 heterocycles. The fourth-order valence-electron chi connectivity index (χ4n) is 2.90. The molecule has 3 N–H and O–H groups in total. The average molecular weight is 537 g/mol. The van der Waals surface area contributed by atoms with E-state index in [1.165, 1.54) is 12.3 Å². The fraction of sp³-hybridized carbons (Fsp3) is 0.154. The summed E-state index contributed by atoms with van der Waals surface area (Å²) in [6.07, 6.45) is 3.46. The number of nitrogens with one attached hydrogen (secondary N) is 3. The molecule has 3 aromatic rings. The van der Waals surface area contributed by atoms with Crippen LogP contribution in [0.4, 0.5) is 11.4 Å². The predicted octanol–water partition coefficient (Wildman–Crippen LogP) is 4.97. The molecule has 8 nitrogen and oxygen atoms in total. The monoisotopic (exact) mass is 536 g/mol. The van der Waals surface area contributed by atoms with Gasteiger partial charge in [-0.05, 0) is 72.6 Å². The lowest BCUT2D eigenvalue weighted by molar-refractivity contribution is -0.136. The number of hydrazone groups is 1. The van der Waals surface area contributed by atoms with Crippen molar-refractivity contribution in [3.63, 3.8) is 0 Å². The number of ether oxygens (including phenoxy) is 1. The second kappa shape index (κ2) is 13.0. The van der Waals surface area contributed by atoms with Gasteiger partial charge >= 0.3 is 11.8 Å². The largest absolute Gasteiger partial charge is 0.494 e. The number of hydrogen-bond acceptors (Lipinski definition) is 5. The highest BCUT2D eigenvalue weighted by molar-refractivity contribution is 9.10. The van der Waals surface area contributed by atoms with Crippen molar-refractivity contribution < 1.29 is 19.1 Å². The highest BCUT2D eigenvalue weighted by Crippen LogP contribution is 2.19. The Labute approximate surface area is 211 Å². The van der Waals surface area contributed by atoms with Crippen LogP contribution in [-0.4, -0.2) is 30.5 Å². The van der Waals surface area contributed by atoms with Crippen molar-refractivity contribution in [3.8, 4) is 5.75 Å². The Morgan fingerprint density at radius 3 is 2.34 bits per heavy atom. The minimum Gasteiger partial charge on any atom is -0.494 e. The Hall–Kier alpha value is -3.98. The van der Waals surface area contributed by atoms with Crippen LogP contribution in [0.3, 0.4) is 0 Å². The van der Waals surface area contributed by atoms with E-state index >= 15 is 0 Å². The molecule has 180 valence electrons. The third-order valence-corrected chi connectivity index (χ3v) is 5.28. The molecule has 0 aliphatic rings. The van der Waals surface area contributed by atoms with Crippen molar-refractivity contribution in [1.82, 2.24) is 5.43 Å². The lowest BCUT2D eigenvalue weighted by Gasteiger charge is -2.11. The molecule has 0 bridgehead atoms. The van der Waals surface area contributed by atoms with Gasteiger partial charge in [0.05, 0.1) is 24.1 Å². The molecule has 3 aromatic carbocycles. The van der Waals surface area contributed by atoms with Gasteiger partial charge in [-0.25, -0.2) is 5.43 Å². The van der Waals surface area contributed by atoms with Crippen LogP contribution >= 0.6 is 15.9 Å². The van der Waals surface area contributed by atoms with Gasteiger partial charge < -0.3 is 15.4 Å². The molecule has 0 unspecified atom stereocenters. The minimum absolute atomic E-state index is 0.199. The Morgan fingerprint density at radius 1 is 0.914 bits per heavy atom. The molecular weight excluding hydrogens is 512 g/mol. The van der Waals surface area contributed by atoms with E-state index in [0.29, 0.717) is 12.3 Å². The van der Waals surface area contributed by atoms with Gasteiger partial charge in [0.25, 0.3) is 5.91 Å². The predicted molar refractivity (Wildman–Crippen MR) is 140 cm³/mol. The topological polar surface area (TPSA) is 109 Å². The first-order chi connectivity index (χ1) is 17.0. The molecule has 0 atom stereocenters. The number of halogens is 1. The van der Waals surface area contributed by atoms with E-state index in [4.69, 9.17) is 4.74 Å². The first-order valence-corrected chi connectivity index (χ1v) is 11.8. The standard InChI is InChI=1S/C26H25BrN4O4/c1-2-3-16-35-21-14-8-18(9-15-21)17-28-31-26(34)25(33)30-23-7-5-4-6-22(23)24(32)29-20-12-10-19(27)11-13-20/h4-15,17H,2-3,16H2,1H3,(H,29,32)(H,30,33)(H,31,34)/b28-17-. The second-order valence-corrected chi connectivity index (χ2v) is 8.35. The third kappa shape index (κ3) is 8.08. The molecule has 3 rings (SSSR count). The summed E-state index contributed by atoms with van der Waals surface area (Å²) in [6, 6.07) is 20.7. The van der Waals surface area contributed by atoms with Gasteiger partial charge in [0.2, 0.25) is 0 Å². The van der Waals surface area contributed by atoms with Gasteiger partial charge in [0, 0.05) is 10.2 Å². The Kier molecular flexibility index (Phi) is 9.56. The van der Waals surface area contributed by atoms with E-state index in [2.05, 4.69) is 44.0 Å². The molecule has 9 heteroatoms. The van der Waals surface area contributed by atoms with Gasteiger partial charge in [0.15, 0.2) is 0 Å². The lowest BCUT2D eigenvalue weighted by Crippen LogP contribution is -2.33. The van der Waals surface area contributed by atoms with Crippen LogP contribution < -0.4 is 20.8 Å². The number of carbonyl (C=O) groups is 3. The van der Waals surface area contributed by atoms with Crippen LogP contribution in [-0.2, 0) is 9.59 Å². The van der Waals surface area contributed by atoms with Crippen LogP contribution in [0.25, 0.3) is 0 Å². The van der Waals surface area contributed by atoms with E-state index in [1.807, 2.05) is 12.1 Å². The van der Waals surface area contributed by atoms with Gasteiger partial charge in [-0.2, -0.15) is 5.10 Å². The third-order valence-electron chi connectivity index (χ3n) is 4.75. The normalized spacial score (nSPS) is 10.6. The number of hydrogen-bond donors (Lipinski definition) is 3. The summed E-state index contributed by atoms with van der Waals surface area (Å²) >= 11 is 3.34. The Balaban J connectivity index is 1.55. The number of rotatable bonds is 9. The zero-order chi connectivity index (χ0) is 25.0. The highest BCUT2D eigenvalue weighted by atomic mass is 79.9. The second-order valence-electron chi connectivity index (χ2n) is 7.43. The van der Waals surface area contributed by atoms with Crippen molar-refractivity contribution in [3.05, 3.63) is 88.4 Å². The fourth-order valence-corrected chi connectivity index (χ4v) is 3.17. The number of benzene rings is 3. The maximum absolute atomic E-state index is 12.7. The number of unbranched alkanes of at least 4 members (excludes halogenated alkanes) is 1. The van der Waals surface area contributed by atoms with Gasteiger partial charge in [0.1, 0.15) is 5.75 Å². The summed E-state index contributed by atoms with van der Waals surface area (Å²) in [5.74, 6) is -1.60. The molecule has 0 aliphatic carbocycles. The van der Waals surface area contributed by atoms with Crippen LogP contribution in [0.2, 0.25) is 0 Å². The van der Waals surface area contributed by atoms with Gasteiger partial charge in [-0.3, -0.25) is 14.4 Å². The van der Waals surface area contributed by atoms with Crippen LogP contribution in [0.1, 0.15) is 35.7 Å². The quantitative estimate of drug-likeness (QED) is 0.155. The maximum atomic E-state index is 12.7. The maximum Gasteiger partial charge on any atom is 0.329 e. The van der Waals surface area contributed by atoms with E-state index in [1.54, 1.807) is 54.6 Å². The van der Waals surface area contributed by atoms with E-state index in [9.17, 15) is 14.4 Å². The van der Waals surface area contributed by atoms with Crippen LogP contribution in [0.15, 0.2) is 82.4 Å². The number of amides is 3. The first kappa shape index (κ1) is 25.6. The summed E-state index contributed by atoms with van der Waals surface area (Å²) in [7, 11) is 0. The van der Waals surface area contributed by atoms with E-state index < -0.39 is 17.7 Å². The summed E-state index contributed by atoms with van der Waals surface area (Å²) in [6.45, 7) is 2.75. The molecule has 35 heavy (non-hydrogen) atoms. The SMILES string of the molecule is CCCCOc1ccc(/C=N\NC(=O)C(=O)Nc2ccccc2C(=O)Nc2ccc(Br)cc2)cc1. The molecule has 0 fully saturated rings. The molecule has 0 radical (unpaired) electrons. The minimum atomic E-state index is -0.969. The van der Waals surface area contributed by atoms with Crippen molar-refractivity contribution in [2.45, 2.75) is 19.8 Å². The molecule has 0 aliphatic heterocycles. The number of carbonyl (C=O) groups excluding carboxylic acids is 3. The molecule has 0 aromatic heterocycles. The zero-order valence-electron chi connectivity index (χ0n) is 19.1. The average Bonchev–Trinajstić information content (AvgIpc) is 2.86. The molecule has 3 amide bonds. The van der Waals surface area contributed by atoms with Crippen molar-refractivity contribution in [2.24, 2.45) is 5.10 Å². The molecule has 0 saturated carbocycles.